The third-order valence-electron chi connectivity index (χ3n) is 5.80. The molecule has 0 aliphatic heterocycles. The van der Waals surface area contributed by atoms with Crippen molar-refractivity contribution in [2.24, 2.45) is 5.92 Å². The average Bonchev–Trinajstić information content (AvgIpc) is 2.65. The van der Waals surface area contributed by atoms with Crippen molar-refractivity contribution in [3.05, 3.63) is 35.9 Å². The largest absolute Gasteiger partial charge is 0.352 e. The molecule has 0 spiro atoms. The molecule has 5 heteroatoms. The van der Waals surface area contributed by atoms with Crippen LogP contribution >= 0.6 is 0 Å². The standard InChI is InChI=1S/C22H35N3O2/c1-17(2)20(24-19(26)15-18-11-7-5-8-12-18)21(27)23-16-22(25(3)4)13-9-6-10-14-22/h5,7-8,11-12,17,20H,6,9-10,13-16H2,1-4H3,(H,23,27)(H,24,26)/t20-/m0/s1. The Morgan fingerprint density at radius 1 is 1.07 bits per heavy atom. The van der Waals surface area contributed by atoms with Gasteiger partial charge in [0.25, 0.3) is 0 Å². The van der Waals surface area contributed by atoms with Crippen LogP contribution in [0.4, 0.5) is 0 Å². The SMILES string of the molecule is CC(C)[C@H](NC(=O)Cc1ccccc1)C(=O)NCC1(N(C)C)CCCCC1. The van der Waals surface area contributed by atoms with Gasteiger partial charge in [0.05, 0.1) is 6.42 Å². The first-order valence-corrected chi connectivity index (χ1v) is 10.1. The molecule has 0 aromatic heterocycles. The predicted octanol–water partition coefficient (Wildman–Crippen LogP) is 2.75. The van der Waals surface area contributed by atoms with Crippen LogP contribution in [-0.2, 0) is 16.0 Å². The highest BCUT2D eigenvalue weighted by atomic mass is 16.2. The second-order valence-corrected chi connectivity index (χ2v) is 8.35. The Morgan fingerprint density at radius 3 is 2.26 bits per heavy atom. The van der Waals surface area contributed by atoms with Gasteiger partial charge in [-0.15, -0.1) is 0 Å². The zero-order chi connectivity index (χ0) is 19.9. The molecular formula is C22H35N3O2. The lowest BCUT2D eigenvalue weighted by molar-refractivity contribution is -0.130. The Balaban J connectivity index is 1.94. The van der Waals surface area contributed by atoms with Crippen molar-refractivity contribution < 1.29 is 9.59 Å². The van der Waals surface area contributed by atoms with Crippen molar-refractivity contribution in [3.63, 3.8) is 0 Å². The van der Waals surface area contributed by atoms with Crippen LogP contribution in [-0.4, -0.2) is 48.9 Å². The van der Waals surface area contributed by atoms with Crippen LogP contribution in [0.5, 0.6) is 0 Å². The number of likely N-dealkylation sites (N-methyl/N-ethyl adjacent to an activating group) is 1. The molecule has 1 atom stereocenters. The number of rotatable bonds is 8. The predicted molar refractivity (Wildman–Crippen MR) is 109 cm³/mol. The molecule has 1 aliphatic rings. The normalized spacial score (nSPS) is 17.6. The van der Waals surface area contributed by atoms with E-state index in [-0.39, 0.29) is 23.3 Å². The van der Waals surface area contributed by atoms with Crippen molar-refractivity contribution in [1.82, 2.24) is 15.5 Å². The number of nitrogens with zero attached hydrogens (tertiary/aromatic N) is 1. The lowest BCUT2D eigenvalue weighted by atomic mass is 9.80. The molecule has 2 N–H and O–H groups in total. The van der Waals surface area contributed by atoms with Gasteiger partial charge in [-0.3, -0.25) is 9.59 Å². The molecule has 1 fully saturated rings. The van der Waals surface area contributed by atoms with Gasteiger partial charge in [-0.1, -0.05) is 63.4 Å². The summed E-state index contributed by atoms with van der Waals surface area (Å²) in [4.78, 5) is 27.5. The van der Waals surface area contributed by atoms with Gasteiger partial charge >= 0.3 is 0 Å². The Morgan fingerprint density at radius 2 is 1.70 bits per heavy atom. The summed E-state index contributed by atoms with van der Waals surface area (Å²) in [5.74, 6) is -0.167. The highest BCUT2D eigenvalue weighted by Crippen LogP contribution is 2.31. The van der Waals surface area contributed by atoms with E-state index >= 15 is 0 Å². The fourth-order valence-corrected chi connectivity index (χ4v) is 3.89. The highest BCUT2D eigenvalue weighted by Gasteiger charge is 2.35. The molecule has 27 heavy (non-hydrogen) atoms. The van der Waals surface area contributed by atoms with E-state index in [4.69, 9.17) is 0 Å². The zero-order valence-corrected chi connectivity index (χ0v) is 17.3. The van der Waals surface area contributed by atoms with Crippen LogP contribution in [0, 0.1) is 5.92 Å². The van der Waals surface area contributed by atoms with Crippen LogP contribution in [0.3, 0.4) is 0 Å². The summed E-state index contributed by atoms with van der Waals surface area (Å²) in [6, 6.07) is 9.10. The van der Waals surface area contributed by atoms with Gasteiger partial charge < -0.3 is 15.5 Å². The molecule has 0 heterocycles. The maximum atomic E-state index is 12.8. The molecule has 1 aromatic carbocycles. The van der Waals surface area contributed by atoms with E-state index in [2.05, 4.69) is 29.6 Å². The zero-order valence-electron chi connectivity index (χ0n) is 17.3. The quantitative estimate of drug-likeness (QED) is 0.737. The van der Waals surface area contributed by atoms with Crippen molar-refractivity contribution in [3.8, 4) is 0 Å². The molecule has 150 valence electrons. The minimum absolute atomic E-state index is 0.0312. The van der Waals surface area contributed by atoms with Crippen LogP contribution in [0.2, 0.25) is 0 Å². The first-order chi connectivity index (χ1) is 12.8. The van der Waals surface area contributed by atoms with E-state index < -0.39 is 6.04 Å². The van der Waals surface area contributed by atoms with Gasteiger partial charge in [0.15, 0.2) is 0 Å². The molecule has 2 amide bonds. The minimum Gasteiger partial charge on any atom is -0.352 e. The van der Waals surface area contributed by atoms with Crippen molar-refractivity contribution >= 4 is 11.8 Å². The van der Waals surface area contributed by atoms with Gasteiger partial charge in [0.1, 0.15) is 6.04 Å². The van der Waals surface area contributed by atoms with Gasteiger partial charge in [0, 0.05) is 12.1 Å². The monoisotopic (exact) mass is 373 g/mol. The smallest absolute Gasteiger partial charge is 0.242 e. The summed E-state index contributed by atoms with van der Waals surface area (Å²) in [7, 11) is 4.19. The molecule has 0 saturated heterocycles. The maximum absolute atomic E-state index is 12.8. The maximum Gasteiger partial charge on any atom is 0.242 e. The minimum atomic E-state index is -0.510. The van der Waals surface area contributed by atoms with Crippen LogP contribution in [0.25, 0.3) is 0 Å². The molecular weight excluding hydrogens is 338 g/mol. The fraction of sp³-hybridized carbons (Fsp3) is 0.636. The lowest BCUT2D eigenvalue weighted by Gasteiger charge is -2.43. The molecule has 1 aliphatic carbocycles. The average molecular weight is 374 g/mol. The topological polar surface area (TPSA) is 61.4 Å². The third-order valence-corrected chi connectivity index (χ3v) is 5.80. The molecule has 2 rings (SSSR count). The van der Waals surface area contributed by atoms with Gasteiger partial charge in [-0.05, 0) is 38.4 Å². The molecule has 0 unspecified atom stereocenters. The fourth-order valence-electron chi connectivity index (χ4n) is 3.89. The number of carbonyl (C=O) groups excluding carboxylic acids is 2. The molecule has 1 aromatic rings. The first-order valence-electron chi connectivity index (χ1n) is 10.1. The van der Waals surface area contributed by atoms with Gasteiger partial charge in [-0.2, -0.15) is 0 Å². The van der Waals surface area contributed by atoms with Crippen molar-refractivity contribution in [2.75, 3.05) is 20.6 Å². The summed E-state index contributed by atoms with van der Waals surface area (Å²) in [6.45, 7) is 4.57. The summed E-state index contributed by atoms with van der Waals surface area (Å²) >= 11 is 0. The second kappa shape index (κ2) is 9.88. The van der Waals surface area contributed by atoms with E-state index in [9.17, 15) is 9.59 Å². The van der Waals surface area contributed by atoms with Crippen molar-refractivity contribution in [2.45, 2.75) is 64.0 Å². The molecule has 5 nitrogen and oxygen atoms in total. The van der Waals surface area contributed by atoms with E-state index in [1.807, 2.05) is 44.2 Å². The van der Waals surface area contributed by atoms with Crippen LogP contribution < -0.4 is 10.6 Å². The lowest BCUT2D eigenvalue weighted by Crippen LogP contribution is -2.57. The van der Waals surface area contributed by atoms with E-state index in [1.54, 1.807) is 0 Å². The van der Waals surface area contributed by atoms with E-state index in [0.717, 1.165) is 18.4 Å². The molecule has 0 radical (unpaired) electrons. The third kappa shape index (κ3) is 6.06. The van der Waals surface area contributed by atoms with Crippen LogP contribution in [0.1, 0.15) is 51.5 Å². The second-order valence-electron chi connectivity index (χ2n) is 8.35. The molecule has 0 bridgehead atoms. The number of hydrogen-bond donors (Lipinski definition) is 2. The summed E-state index contributed by atoms with van der Waals surface area (Å²) < 4.78 is 0. The Kier molecular flexibility index (Phi) is 7.84. The number of benzene rings is 1. The number of nitrogens with one attached hydrogen (secondary N) is 2. The summed E-state index contributed by atoms with van der Waals surface area (Å²) in [6.07, 6.45) is 6.18. The summed E-state index contributed by atoms with van der Waals surface area (Å²) in [5.41, 5.74) is 0.982. The van der Waals surface area contributed by atoms with E-state index in [0.29, 0.717) is 13.0 Å². The summed E-state index contributed by atoms with van der Waals surface area (Å²) in [5, 5.41) is 6.06. The Hall–Kier alpha value is -1.88. The highest BCUT2D eigenvalue weighted by molar-refractivity contribution is 5.88. The Bertz CT molecular complexity index is 607. The number of hydrogen-bond acceptors (Lipinski definition) is 3. The number of carbonyl (C=O) groups is 2. The Labute approximate surface area is 163 Å². The molecule has 1 saturated carbocycles. The van der Waals surface area contributed by atoms with Gasteiger partial charge in [0.2, 0.25) is 11.8 Å². The first kappa shape index (κ1) is 21.4. The number of amides is 2. The van der Waals surface area contributed by atoms with Crippen LogP contribution in [0.15, 0.2) is 30.3 Å². The van der Waals surface area contributed by atoms with Crippen molar-refractivity contribution in [1.29, 1.82) is 0 Å². The van der Waals surface area contributed by atoms with E-state index in [1.165, 1.54) is 19.3 Å². The van der Waals surface area contributed by atoms with Gasteiger partial charge in [-0.25, -0.2) is 0 Å².